The van der Waals surface area contributed by atoms with Crippen molar-refractivity contribution < 1.29 is 13.9 Å². The fourth-order valence-corrected chi connectivity index (χ4v) is 6.63. The van der Waals surface area contributed by atoms with Crippen LogP contribution >= 0.6 is 23.1 Å². The molecule has 198 valence electrons. The Hall–Kier alpha value is -3.21. The average Bonchev–Trinajstić information content (AvgIpc) is 3.27. The minimum Gasteiger partial charge on any atom is -0.494 e. The predicted molar refractivity (Wildman–Crippen MR) is 151 cm³/mol. The molecule has 0 atom stereocenters. The van der Waals surface area contributed by atoms with Gasteiger partial charge in [0.1, 0.15) is 16.4 Å². The van der Waals surface area contributed by atoms with Gasteiger partial charge in [-0.15, -0.1) is 11.3 Å². The Morgan fingerprint density at radius 3 is 2.61 bits per heavy atom. The number of thiophene rings is 1. The SMILES string of the molecule is CCOc1ccc(-n2c(SCC(=O)Nc3ccc(F)cc3)nc3sc4c(c3c2=O)CCN(C(C)C)C4)cc1. The number of rotatable bonds is 8. The van der Waals surface area contributed by atoms with Gasteiger partial charge in [-0.3, -0.25) is 19.1 Å². The molecule has 0 radical (unpaired) electrons. The second-order valence-corrected chi connectivity index (χ2v) is 11.3. The lowest BCUT2D eigenvalue weighted by Crippen LogP contribution is -2.35. The average molecular weight is 553 g/mol. The first-order valence-electron chi connectivity index (χ1n) is 12.6. The lowest BCUT2D eigenvalue weighted by atomic mass is 10.0. The summed E-state index contributed by atoms with van der Waals surface area (Å²) in [5, 5.41) is 3.88. The molecule has 2 aromatic carbocycles. The second-order valence-electron chi connectivity index (χ2n) is 9.30. The van der Waals surface area contributed by atoms with Crippen LogP contribution < -0.4 is 15.6 Å². The summed E-state index contributed by atoms with van der Waals surface area (Å²) in [6.07, 6.45) is 0.806. The molecule has 0 spiro atoms. The van der Waals surface area contributed by atoms with Crippen molar-refractivity contribution in [2.45, 2.75) is 44.9 Å². The largest absolute Gasteiger partial charge is 0.494 e. The molecule has 2 aromatic heterocycles. The van der Waals surface area contributed by atoms with Gasteiger partial charge in [0.05, 0.1) is 23.4 Å². The summed E-state index contributed by atoms with van der Waals surface area (Å²) < 4.78 is 20.4. The zero-order valence-corrected chi connectivity index (χ0v) is 23.1. The van der Waals surface area contributed by atoms with Crippen molar-refractivity contribution in [2.24, 2.45) is 0 Å². The Bertz CT molecular complexity index is 1510. The molecule has 10 heteroatoms. The van der Waals surface area contributed by atoms with E-state index < -0.39 is 0 Å². The Labute approximate surface area is 228 Å². The van der Waals surface area contributed by atoms with Gasteiger partial charge in [-0.2, -0.15) is 0 Å². The molecule has 0 saturated heterocycles. The van der Waals surface area contributed by atoms with Crippen LogP contribution in [-0.4, -0.2) is 45.3 Å². The first kappa shape index (κ1) is 26.4. The second kappa shape index (κ2) is 11.3. The highest BCUT2D eigenvalue weighted by Gasteiger charge is 2.26. The highest BCUT2D eigenvalue weighted by Crippen LogP contribution is 2.35. The standard InChI is InChI=1S/C28H29FN4O3S2/c1-4-36-21-11-9-20(10-12-21)33-27(35)25-22-13-14-32(17(2)3)15-23(22)38-26(25)31-28(33)37-16-24(34)30-19-7-5-18(29)6-8-19/h5-12,17H,4,13-16H2,1-3H3,(H,30,34). The van der Waals surface area contributed by atoms with Crippen LogP contribution in [0.25, 0.3) is 15.9 Å². The highest BCUT2D eigenvalue weighted by atomic mass is 32.2. The number of amides is 1. The van der Waals surface area contributed by atoms with Crippen molar-refractivity contribution in [2.75, 3.05) is 24.2 Å². The fourth-order valence-electron chi connectivity index (χ4n) is 4.53. The molecule has 1 amide bonds. The minimum absolute atomic E-state index is 0.0402. The van der Waals surface area contributed by atoms with Gasteiger partial charge in [-0.25, -0.2) is 9.37 Å². The normalized spacial score (nSPS) is 13.6. The predicted octanol–water partition coefficient (Wildman–Crippen LogP) is 5.48. The fraction of sp³-hybridized carbons (Fsp3) is 0.321. The summed E-state index contributed by atoms with van der Waals surface area (Å²) in [5.74, 6) is 0.114. The molecule has 5 rings (SSSR count). The summed E-state index contributed by atoms with van der Waals surface area (Å²) >= 11 is 2.76. The third kappa shape index (κ3) is 5.48. The molecule has 0 saturated carbocycles. The molecule has 0 fully saturated rings. The van der Waals surface area contributed by atoms with E-state index in [0.29, 0.717) is 45.1 Å². The van der Waals surface area contributed by atoms with Gasteiger partial charge in [0.2, 0.25) is 5.91 Å². The number of nitrogens with zero attached hydrogens (tertiary/aromatic N) is 3. The van der Waals surface area contributed by atoms with Crippen LogP contribution in [0.3, 0.4) is 0 Å². The van der Waals surface area contributed by atoms with E-state index in [0.717, 1.165) is 25.1 Å². The Morgan fingerprint density at radius 2 is 1.92 bits per heavy atom. The number of hydrogen-bond acceptors (Lipinski definition) is 7. The molecule has 38 heavy (non-hydrogen) atoms. The molecule has 1 aliphatic heterocycles. The lowest BCUT2D eigenvalue weighted by Gasteiger charge is -2.30. The zero-order valence-electron chi connectivity index (χ0n) is 21.5. The van der Waals surface area contributed by atoms with E-state index >= 15 is 0 Å². The van der Waals surface area contributed by atoms with E-state index in [-0.39, 0.29) is 23.0 Å². The summed E-state index contributed by atoms with van der Waals surface area (Å²) in [5.41, 5.74) is 2.12. The number of fused-ring (bicyclic) bond motifs is 3. The van der Waals surface area contributed by atoms with Crippen LogP contribution in [-0.2, 0) is 17.8 Å². The molecule has 4 aromatic rings. The van der Waals surface area contributed by atoms with E-state index in [4.69, 9.17) is 9.72 Å². The number of hydrogen-bond donors (Lipinski definition) is 1. The third-order valence-corrected chi connectivity index (χ3v) is 8.52. The van der Waals surface area contributed by atoms with Crippen LogP contribution in [0.15, 0.2) is 58.5 Å². The van der Waals surface area contributed by atoms with Gasteiger partial charge in [-0.1, -0.05) is 11.8 Å². The van der Waals surface area contributed by atoms with Gasteiger partial charge in [-0.05, 0) is 81.3 Å². The van der Waals surface area contributed by atoms with Crippen LogP contribution in [0.5, 0.6) is 5.75 Å². The Morgan fingerprint density at radius 1 is 1.18 bits per heavy atom. The molecule has 1 aliphatic rings. The molecule has 0 bridgehead atoms. The van der Waals surface area contributed by atoms with E-state index in [1.807, 2.05) is 31.2 Å². The quantitative estimate of drug-likeness (QED) is 0.230. The van der Waals surface area contributed by atoms with Crippen molar-refractivity contribution in [3.05, 3.63) is 75.1 Å². The molecular formula is C28H29FN4O3S2. The summed E-state index contributed by atoms with van der Waals surface area (Å²) in [7, 11) is 0. The molecular weight excluding hydrogens is 523 g/mol. The van der Waals surface area contributed by atoms with Crippen LogP contribution in [0, 0.1) is 5.82 Å². The number of nitrogens with one attached hydrogen (secondary N) is 1. The number of benzene rings is 2. The van der Waals surface area contributed by atoms with Gasteiger partial charge < -0.3 is 10.1 Å². The van der Waals surface area contributed by atoms with Crippen molar-refractivity contribution >= 4 is 44.9 Å². The number of thioether (sulfide) groups is 1. The van der Waals surface area contributed by atoms with Gasteiger partial charge in [0, 0.05) is 29.7 Å². The van der Waals surface area contributed by atoms with E-state index in [1.54, 1.807) is 15.9 Å². The maximum absolute atomic E-state index is 14.0. The number of carbonyl (C=O) groups is 1. The highest BCUT2D eigenvalue weighted by molar-refractivity contribution is 7.99. The first-order valence-corrected chi connectivity index (χ1v) is 14.4. The Balaban J connectivity index is 1.51. The Kier molecular flexibility index (Phi) is 7.83. The van der Waals surface area contributed by atoms with Crippen LogP contribution in [0.4, 0.5) is 10.1 Å². The number of halogens is 1. The van der Waals surface area contributed by atoms with Crippen molar-refractivity contribution in [3.63, 3.8) is 0 Å². The first-order chi connectivity index (χ1) is 18.3. The summed E-state index contributed by atoms with van der Waals surface area (Å²) in [6.45, 7) is 8.54. The van der Waals surface area contributed by atoms with E-state index in [1.165, 1.54) is 40.9 Å². The van der Waals surface area contributed by atoms with Crippen LogP contribution in [0.1, 0.15) is 31.2 Å². The molecule has 0 aliphatic carbocycles. The van der Waals surface area contributed by atoms with E-state index in [2.05, 4.69) is 24.1 Å². The number of anilines is 1. The maximum atomic E-state index is 14.0. The lowest BCUT2D eigenvalue weighted by molar-refractivity contribution is -0.113. The number of carbonyl (C=O) groups excluding carboxylic acids is 1. The zero-order chi connectivity index (χ0) is 26.8. The van der Waals surface area contributed by atoms with Gasteiger partial charge >= 0.3 is 0 Å². The van der Waals surface area contributed by atoms with E-state index in [9.17, 15) is 14.0 Å². The monoisotopic (exact) mass is 552 g/mol. The third-order valence-electron chi connectivity index (χ3n) is 6.47. The molecule has 1 N–H and O–H groups in total. The number of ether oxygens (including phenoxy) is 1. The maximum Gasteiger partial charge on any atom is 0.267 e. The number of aromatic nitrogens is 2. The molecule has 0 unspecified atom stereocenters. The minimum atomic E-state index is -0.371. The van der Waals surface area contributed by atoms with Crippen LogP contribution in [0.2, 0.25) is 0 Å². The van der Waals surface area contributed by atoms with Crippen molar-refractivity contribution in [1.29, 1.82) is 0 Å². The molecule has 3 heterocycles. The summed E-state index contributed by atoms with van der Waals surface area (Å²) in [4.78, 5) is 35.9. The smallest absolute Gasteiger partial charge is 0.267 e. The summed E-state index contributed by atoms with van der Waals surface area (Å²) in [6, 6.07) is 13.4. The molecule has 7 nitrogen and oxygen atoms in total. The van der Waals surface area contributed by atoms with Crippen molar-refractivity contribution in [3.8, 4) is 11.4 Å². The van der Waals surface area contributed by atoms with Gasteiger partial charge in [0.25, 0.3) is 5.56 Å². The van der Waals surface area contributed by atoms with Crippen molar-refractivity contribution in [1.82, 2.24) is 14.5 Å². The van der Waals surface area contributed by atoms with Gasteiger partial charge in [0.15, 0.2) is 5.16 Å². The topological polar surface area (TPSA) is 76.5 Å².